The molecule has 4 heterocycles. The summed E-state index contributed by atoms with van der Waals surface area (Å²) in [6, 6.07) is 0.0721. The zero-order valence-corrected chi connectivity index (χ0v) is 54.6. The van der Waals surface area contributed by atoms with Gasteiger partial charge in [-0.15, -0.1) is 0 Å². The lowest BCUT2D eigenvalue weighted by molar-refractivity contribution is -0.133. The summed E-state index contributed by atoms with van der Waals surface area (Å²) in [6.45, 7) is 69.5. The molecule has 5 amide bonds. The fraction of sp³-hybridized carbons (Fsp3) is 0.812. The molecule has 0 radical (unpaired) electrons. The molecule has 0 atom stereocenters. The molecule has 0 aromatic carbocycles. The highest BCUT2D eigenvalue weighted by molar-refractivity contribution is 5.81. The minimum Gasteiger partial charge on any atom is -0.488 e. The third kappa shape index (κ3) is 22.1. The molecule has 0 saturated carbocycles. The van der Waals surface area contributed by atoms with E-state index in [-0.39, 0.29) is 73.9 Å². The van der Waals surface area contributed by atoms with Crippen molar-refractivity contribution in [2.45, 2.75) is 220 Å². The number of cyclic esters (lactones) is 1. The van der Waals surface area contributed by atoms with Crippen LogP contribution in [0, 0.1) is 43.3 Å². The second-order valence-corrected chi connectivity index (χ2v) is 30.0. The monoisotopic (exact) mass is 1070 g/mol. The minimum absolute atomic E-state index is 0.0131. The van der Waals surface area contributed by atoms with Gasteiger partial charge in [-0.05, 0) is 98.2 Å². The molecule has 440 valence electrons. The van der Waals surface area contributed by atoms with E-state index in [4.69, 9.17) is 9.47 Å². The summed E-state index contributed by atoms with van der Waals surface area (Å²) in [5.74, 6) is 1.22. The van der Waals surface area contributed by atoms with E-state index in [1.165, 1.54) is 33.4 Å². The van der Waals surface area contributed by atoms with Gasteiger partial charge in [0.25, 0.3) is 5.91 Å². The Morgan fingerprint density at radius 1 is 0.395 bits per heavy atom. The first-order valence-corrected chi connectivity index (χ1v) is 29.1. The Labute approximate surface area is 467 Å². The first-order valence-electron chi connectivity index (χ1n) is 29.1. The molecule has 2 N–H and O–H groups in total. The van der Waals surface area contributed by atoms with E-state index in [0.29, 0.717) is 32.8 Å². The molecular weight excluding hydrogens is 949 g/mol. The Balaban J connectivity index is 0.000000507. The van der Waals surface area contributed by atoms with Crippen molar-refractivity contribution >= 4 is 23.9 Å². The van der Waals surface area contributed by atoms with E-state index in [9.17, 15) is 19.2 Å². The zero-order chi connectivity index (χ0) is 59.4. The fourth-order valence-electron chi connectivity index (χ4n) is 9.99. The summed E-state index contributed by atoms with van der Waals surface area (Å²) < 4.78 is 11.3. The van der Waals surface area contributed by atoms with Gasteiger partial charge in [-0.1, -0.05) is 194 Å². The molecule has 12 nitrogen and oxygen atoms in total. The van der Waals surface area contributed by atoms with Crippen LogP contribution in [0.1, 0.15) is 220 Å². The molecule has 0 aromatic heterocycles. The topological polar surface area (TPSA) is 124 Å². The molecule has 76 heavy (non-hydrogen) atoms. The van der Waals surface area contributed by atoms with Crippen molar-refractivity contribution in [2.75, 3.05) is 78.7 Å². The van der Waals surface area contributed by atoms with Gasteiger partial charge < -0.3 is 34.8 Å². The smallest absolute Gasteiger partial charge is 0.410 e. The number of nitrogens with one attached hydrogen (secondary N) is 2. The van der Waals surface area contributed by atoms with Crippen LogP contribution in [-0.2, 0) is 19.1 Å². The van der Waals surface area contributed by atoms with Crippen LogP contribution in [0.2, 0.25) is 0 Å². The lowest BCUT2D eigenvalue weighted by atomic mass is 9.75. The van der Waals surface area contributed by atoms with E-state index in [1.54, 1.807) is 0 Å². The van der Waals surface area contributed by atoms with Crippen LogP contribution in [0.15, 0.2) is 44.9 Å². The largest absolute Gasteiger partial charge is 0.488 e. The number of urea groups is 1. The molecule has 4 aliphatic rings. The number of rotatable bonds is 8. The van der Waals surface area contributed by atoms with E-state index < -0.39 is 0 Å². The number of hydrogen-bond acceptors (Lipinski definition) is 7. The van der Waals surface area contributed by atoms with Crippen LogP contribution in [0.4, 0.5) is 9.59 Å². The second-order valence-electron chi connectivity index (χ2n) is 30.0. The van der Waals surface area contributed by atoms with Crippen LogP contribution < -0.4 is 10.6 Å². The Morgan fingerprint density at radius 2 is 0.803 bits per heavy atom. The predicted molar refractivity (Wildman–Crippen MR) is 320 cm³/mol. The number of carbonyl (C=O) groups excluding carboxylic acids is 4. The molecule has 0 bridgehead atoms. The van der Waals surface area contributed by atoms with Gasteiger partial charge in [0.2, 0.25) is 5.91 Å². The van der Waals surface area contributed by atoms with Crippen LogP contribution in [0.5, 0.6) is 0 Å². The maximum Gasteiger partial charge on any atom is 0.410 e. The lowest BCUT2D eigenvalue weighted by Crippen LogP contribution is -2.40. The molecule has 12 heteroatoms. The average Bonchev–Trinajstić information content (AvgIpc) is 3.68. The van der Waals surface area contributed by atoms with Crippen molar-refractivity contribution in [1.29, 1.82) is 0 Å². The molecule has 4 rings (SSSR count). The van der Waals surface area contributed by atoms with Crippen molar-refractivity contribution in [3.8, 4) is 0 Å². The lowest BCUT2D eigenvalue weighted by Gasteiger charge is -2.33. The molecular formula is C64H118N6O6. The van der Waals surface area contributed by atoms with Gasteiger partial charge in [-0.25, -0.2) is 9.59 Å². The average molecular weight is 1070 g/mol. The molecule has 4 aliphatic heterocycles. The van der Waals surface area contributed by atoms with Gasteiger partial charge >= 0.3 is 12.1 Å². The summed E-state index contributed by atoms with van der Waals surface area (Å²) in [6.07, 6.45) is 3.83. The minimum atomic E-state index is -0.178. The maximum absolute atomic E-state index is 12.1. The summed E-state index contributed by atoms with van der Waals surface area (Å²) in [5, 5.41) is 6.23. The van der Waals surface area contributed by atoms with E-state index >= 15 is 0 Å². The van der Waals surface area contributed by atoms with E-state index in [0.717, 1.165) is 76.4 Å². The number of nitrogens with zero attached hydrogens (tertiary/aromatic N) is 4. The van der Waals surface area contributed by atoms with Crippen molar-refractivity contribution < 1.29 is 28.7 Å². The normalized spacial score (nSPS) is 18.7. The third-order valence-electron chi connectivity index (χ3n) is 14.2. The second kappa shape index (κ2) is 27.9. The SMILES string of the molecule is CCCN1CC(=O)NC(C(C)(C)C)=C(C(C)(C)C)C1.CCCN1CC(C(C)(C)C)=C(C(C)(C)C)CNC1=O.CCCN1CC(C(C)(C)C)=C(C(C)(C)C)COC1=O.CCCN1CC(C(C)(C)C)=C(C(C)(C)C)OCC1=O. The molecule has 0 aromatic rings. The van der Waals surface area contributed by atoms with Gasteiger partial charge in [0, 0.05) is 68.9 Å². The molecule has 0 fully saturated rings. The van der Waals surface area contributed by atoms with E-state index in [2.05, 4.69) is 209 Å². The van der Waals surface area contributed by atoms with Crippen molar-refractivity contribution in [1.82, 2.24) is 30.2 Å². The van der Waals surface area contributed by atoms with Gasteiger partial charge in [-0.3, -0.25) is 14.5 Å². The molecule has 0 unspecified atom stereocenters. The number of ether oxygens (including phenoxy) is 2. The highest BCUT2D eigenvalue weighted by Crippen LogP contribution is 2.42. The summed E-state index contributed by atoms with van der Waals surface area (Å²) in [5.41, 5.74) is 9.41. The Kier molecular flexibility index (Phi) is 25.8. The number of hydrogen-bond donors (Lipinski definition) is 2. The van der Waals surface area contributed by atoms with Crippen molar-refractivity contribution in [2.24, 2.45) is 43.3 Å². The Morgan fingerprint density at radius 3 is 1.22 bits per heavy atom. The highest BCUT2D eigenvalue weighted by Gasteiger charge is 2.38. The molecule has 0 aliphatic carbocycles. The van der Waals surface area contributed by atoms with Gasteiger partial charge in [0.15, 0.2) is 6.61 Å². The van der Waals surface area contributed by atoms with Gasteiger partial charge in [-0.2, -0.15) is 0 Å². The van der Waals surface area contributed by atoms with Crippen molar-refractivity contribution in [3.63, 3.8) is 0 Å². The maximum atomic E-state index is 12.1. The van der Waals surface area contributed by atoms with Gasteiger partial charge in [0.1, 0.15) is 12.4 Å². The summed E-state index contributed by atoms with van der Waals surface area (Å²) in [4.78, 5) is 56.4. The number of amides is 5. The molecule has 0 spiro atoms. The van der Waals surface area contributed by atoms with Crippen LogP contribution >= 0.6 is 0 Å². The van der Waals surface area contributed by atoms with Crippen molar-refractivity contribution in [3.05, 3.63) is 44.9 Å². The first kappa shape index (κ1) is 70.2. The zero-order valence-electron chi connectivity index (χ0n) is 54.6. The Hall–Kier alpha value is -3.80. The predicted octanol–water partition coefficient (Wildman–Crippen LogP) is 14.8. The number of allylic oxidation sites excluding steroid dienone is 2. The van der Waals surface area contributed by atoms with Crippen LogP contribution in [-0.4, -0.2) is 122 Å². The van der Waals surface area contributed by atoms with Gasteiger partial charge in [0.05, 0.1) is 6.54 Å². The summed E-state index contributed by atoms with van der Waals surface area (Å²) in [7, 11) is 0. The quantitative estimate of drug-likeness (QED) is 0.232. The number of carbonyl (C=O) groups is 4. The fourth-order valence-corrected chi connectivity index (χ4v) is 9.99. The third-order valence-corrected chi connectivity index (χ3v) is 14.2. The van der Waals surface area contributed by atoms with Crippen LogP contribution in [0.3, 0.4) is 0 Å². The van der Waals surface area contributed by atoms with Crippen LogP contribution in [0.25, 0.3) is 0 Å². The highest BCUT2D eigenvalue weighted by atomic mass is 16.6. The summed E-state index contributed by atoms with van der Waals surface area (Å²) >= 11 is 0. The first-order chi connectivity index (χ1) is 34.3. The van der Waals surface area contributed by atoms with E-state index in [1.807, 2.05) is 14.7 Å². The standard InChI is InChI=1S/2C16H30N2O.2C16H29NO2/c1-8-9-18-10-12(15(2,3)4)14(16(5,6)7)17-13(19)11-18;1-8-9-18-11-13(16(5,6)7)12(15(2,3)4)10-17-14(18)19;1-8-9-17-10-12(15(2,3)4)14(16(5,6)7)19-11-13(17)18;1-8-9-17-10-12(15(2,3)4)13(16(5,6)7)11-19-14(17)18/h2*8-11H2,1-7H3,(H,17,19);2*8-11H2,1-7H3. The Bertz CT molecular complexity index is 1890. The molecule has 0 saturated heterocycles.